The maximum absolute atomic E-state index is 12.5. The van der Waals surface area contributed by atoms with Crippen LogP contribution < -0.4 is 5.32 Å². The highest BCUT2D eigenvalue weighted by Gasteiger charge is 2.18. The van der Waals surface area contributed by atoms with Crippen molar-refractivity contribution in [1.82, 2.24) is 5.32 Å². The van der Waals surface area contributed by atoms with Gasteiger partial charge in [0.25, 0.3) is 0 Å². The summed E-state index contributed by atoms with van der Waals surface area (Å²) in [5.74, 6) is -0.111. The molecule has 0 heterocycles. The highest BCUT2D eigenvalue weighted by atomic mass is 16.5. The van der Waals surface area contributed by atoms with Gasteiger partial charge in [0.05, 0.1) is 25.4 Å². The summed E-state index contributed by atoms with van der Waals surface area (Å²) >= 11 is 0. The third-order valence-corrected chi connectivity index (χ3v) is 15.1. The van der Waals surface area contributed by atoms with Crippen molar-refractivity contribution in [2.24, 2.45) is 0 Å². The van der Waals surface area contributed by atoms with Gasteiger partial charge in [-0.25, -0.2) is 0 Å². The topological polar surface area (TPSA) is 95.9 Å². The molecule has 3 N–H and O–H groups in total. The minimum Gasteiger partial charge on any atom is -0.466 e. The number of allylic oxidation sites excluding steroid dienone is 1. The standard InChI is InChI=1S/C64H125NO5/c1-3-5-7-9-11-13-15-17-19-21-23-24-25-26-27-28-30-31-33-35-37-40-44-48-52-56-62(67)61(60-66)65-63(68)57-53-49-45-41-39-43-47-51-55-59-70-64(69)58-54-50-46-42-38-36-34-32-29-22-20-18-16-14-12-10-8-6-4-2/h52,56,61-62,66-67H,3-51,53-55,57-60H2,1-2H3,(H,65,68)/b56-52+. The van der Waals surface area contributed by atoms with Gasteiger partial charge in [0, 0.05) is 12.8 Å². The summed E-state index contributed by atoms with van der Waals surface area (Å²) in [7, 11) is 0. The molecule has 0 aromatic carbocycles. The van der Waals surface area contributed by atoms with E-state index in [9.17, 15) is 19.8 Å². The van der Waals surface area contributed by atoms with Crippen LogP contribution in [0.3, 0.4) is 0 Å². The molecule has 0 aromatic rings. The van der Waals surface area contributed by atoms with Crippen molar-refractivity contribution in [3.8, 4) is 0 Å². The van der Waals surface area contributed by atoms with E-state index in [1.165, 1.54) is 276 Å². The number of amides is 1. The highest BCUT2D eigenvalue weighted by Crippen LogP contribution is 2.18. The highest BCUT2D eigenvalue weighted by molar-refractivity contribution is 5.76. The van der Waals surface area contributed by atoms with Gasteiger partial charge in [-0.3, -0.25) is 9.59 Å². The van der Waals surface area contributed by atoms with E-state index in [0.29, 0.717) is 19.4 Å². The second kappa shape index (κ2) is 60.2. The molecule has 416 valence electrons. The number of carbonyl (C=O) groups is 2. The summed E-state index contributed by atoms with van der Waals surface area (Å²) in [6.07, 6.45) is 72.6. The molecular weight excluding hydrogens is 863 g/mol. The van der Waals surface area contributed by atoms with Gasteiger partial charge in [-0.05, 0) is 32.1 Å². The lowest BCUT2D eigenvalue weighted by atomic mass is 10.0. The van der Waals surface area contributed by atoms with E-state index in [1.54, 1.807) is 6.08 Å². The van der Waals surface area contributed by atoms with E-state index in [0.717, 1.165) is 57.8 Å². The van der Waals surface area contributed by atoms with Crippen LogP contribution in [0.2, 0.25) is 0 Å². The summed E-state index contributed by atoms with van der Waals surface area (Å²) in [5, 5.41) is 23.2. The molecule has 0 fully saturated rings. The van der Waals surface area contributed by atoms with E-state index in [4.69, 9.17) is 4.74 Å². The summed E-state index contributed by atoms with van der Waals surface area (Å²) in [6, 6.07) is -0.648. The molecule has 0 aliphatic rings. The smallest absolute Gasteiger partial charge is 0.305 e. The monoisotopic (exact) mass is 988 g/mol. The summed E-state index contributed by atoms with van der Waals surface area (Å²) in [5.41, 5.74) is 0. The molecule has 0 aliphatic carbocycles. The Morgan fingerprint density at radius 2 is 0.657 bits per heavy atom. The van der Waals surface area contributed by atoms with Crippen LogP contribution >= 0.6 is 0 Å². The van der Waals surface area contributed by atoms with E-state index in [1.807, 2.05) is 6.08 Å². The Labute approximate surface area is 438 Å². The number of nitrogens with one attached hydrogen (secondary N) is 1. The Morgan fingerprint density at radius 3 is 0.971 bits per heavy atom. The number of hydrogen-bond acceptors (Lipinski definition) is 5. The Bertz CT molecular complexity index is 1050. The maximum atomic E-state index is 12.5. The maximum Gasteiger partial charge on any atom is 0.305 e. The first-order valence-electron chi connectivity index (χ1n) is 32.0. The largest absolute Gasteiger partial charge is 0.466 e. The van der Waals surface area contributed by atoms with Gasteiger partial charge in [-0.15, -0.1) is 0 Å². The zero-order chi connectivity index (χ0) is 50.7. The average molecular weight is 989 g/mol. The fourth-order valence-corrected chi connectivity index (χ4v) is 10.2. The van der Waals surface area contributed by atoms with Crippen LogP contribution in [0, 0.1) is 0 Å². The van der Waals surface area contributed by atoms with Gasteiger partial charge in [0.15, 0.2) is 0 Å². The van der Waals surface area contributed by atoms with Crippen LogP contribution in [-0.4, -0.2) is 47.4 Å². The molecule has 2 atom stereocenters. The van der Waals surface area contributed by atoms with Crippen molar-refractivity contribution in [3.05, 3.63) is 12.2 Å². The molecule has 0 aromatic heterocycles. The average Bonchev–Trinajstić information content (AvgIpc) is 3.36. The fraction of sp³-hybridized carbons (Fsp3) is 0.938. The number of unbranched alkanes of at least 4 members (excludes halogenated alkanes) is 49. The molecule has 0 aliphatic heterocycles. The Kier molecular flexibility index (Phi) is 59.0. The lowest BCUT2D eigenvalue weighted by Gasteiger charge is -2.20. The first kappa shape index (κ1) is 68.6. The lowest BCUT2D eigenvalue weighted by Crippen LogP contribution is -2.45. The second-order valence-corrected chi connectivity index (χ2v) is 22.1. The molecule has 0 radical (unpaired) electrons. The van der Waals surface area contributed by atoms with Crippen molar-refractivity contribution < 1.29 is 24.5 Å². The van der Waals surface area contributed by atoms with Crippen LogP contribution in [0.4, 0.5) is 0 Å². The van der Waals surface area contributed by atoms with E-state index in [2.05, 4.69) is 19.2 Å². The fourth-order valence-electron chi connectivity index (χ4n) is 10.2. The van der Waals surface area contributed by atoms with Crippen LogP contribution in [0.1, 0.15) is 361 Å². The van der Waals surface area contributed by atoms with Gasteiger partial charge in [0.1, 0.15) is 0 Å². The molecule has 0 saturated heterocycles. The number of esters is 1. The molecule has 0 bridgehead atoms. The summed E-state index contributed by atoms with van der Waals surface area (Å²) in [4.78, 5) is 24.6. The molecule has 1 amide bonds. The summed E-state index contributed by atoms with van der Waals surface area (Å²) < 4.78 is 5.48. The molecule has 6 heteroatoms. The number of ether oxygens (including phenoxy) is 1. The minimum absolute atomic E-state index is 0.0210. The minimum atomic E-state index is -0.862. The van der Waals surface area contributed by atoms with Crippen molar-refractivity contribution in [3.63, 3.8) is 0 Å². The predicted molar refractivity (Wildman–Crippen MR) is 306 cm³/mol. The third-order valence-electron chi connectivity index (χ3n) is 15.1. The van der Waals surface area contributed by atoms with Gasteiger partial charge in [0.2, 0.25) is 5.91 Å². The zero-order valence-corrected chi connectivity index (χ0v) is 47.5. The number of rotatable bonds is 60. The molecule has 0 spiro atoms. The molecular formula is C64H125NO5. The Balaban J connectivity index is 3.47. The number of aliphatic hydroxyl groups excluding tert-OH is 2. The van der Waals surface area contributed by atoms with Gasteiger partial charge < -0.3 is 20.3 Å². The molecule has 0 rings (SSSR count). The van der Waals surface area contributed by atoms with E-state index >= 15 is 0 Å². The van der Waals surface area contributed by atoms with Gasteiger partial charge in [-0.2, -0.15) is 0 Å². The first-order chi connectivity index (χ1) is 34.5. The third kappa shape index (κ3) is 55.9. The van der Waals surface area contributed by atoms with Gasteiger partial charge >= 0.3 is 5.97 Å². The predicted octanol–water partition coefficient (Wildman–Crippen LogP) is 20.0. The molecule has 6 nitrogen and oxygen atoms in total. The van der Waals surface area contributed by atoms with Crippen LogP contribution in [-0.2, 0) is 14.3 Å². The van der Waals surface area contributed by atoms with Crippen LogP contribution in [0.5, 0.6) is 0 Å². The molecule has 70 heavy (non-hydrogen) atoms. The van der Waals surface area contributed by atoms with Crippen LogP contribution in [0.15, 0.2) is 12.2 Å². The SMILES string of the molecule is CCCCCCCCCCCCCCCCCCCCCCCCC/C=C/C(O)C(CO)NC(=O)CCCCCCCCCCCOC(=O)CCCCCCCCCCCCCCCCCCCCC. The number of carbonyl (C=O) groups excluding carboxylic acids is 2. The number of aliphatic hydroxyl groups is 2. The van der Waals surface area contributed by atoms with Crippen molar-refractivity contribution in [2.45, 2.75) is 373 Å². The van der Waals surface area contributed by atoms with Crippen molar-refractivity contribution in [2.75, 3.05) is 13.2 Å². The first-order valence-corrected chi connectivity index (χ1v) is 32.0. The van der Waals surface area contributed by atoms with Crippen molar-refractivity contribution in [1.29, 1.82) is 0 Å². The quantitative estimate of drug-likeness (QED) is 0.0321. The van der Waals surface area contributed by atoms with Gasteiger partial charge in [-0.1, -0.05) is 328 Å². The Morgan fingerprint density at radius 1 is 0.386 bits per heavy atom. The normalized spacial score (nSPS) is 12.6. The van der Waals surface area contributed by atoms with E-state index in [-0.39, 0.29) is 18.5 Å². The zero-order valence-electron chi connectivity index (χ0n) is 47.5. The Hall–Kier alpha value is -1.40. The molecule has 0 saturated carbocycles. The number of hydrogen-bond donors (Lipinski definition) is 3. The molecule has 2 unspecified atom stereocenters. The second-order valence-electron chi connectivity index (χ2n) is 22.1. The summed E-state index contributed by atoms with van der Waals surface area (Å²) in [6.45, 7) is 4.88. The van der Waals surface area contributed by atoms with Crippen LogP contribution in [0.25, 0.3) is 0 Å². The van der Waals surface area contributed by atoms with Crippen molar-refractivity contribution >= 4 is 11.9 Å². The lowest BCUT2D eigenvalue weighted by molar-refractivity contribution is -0.143. The van der Waals surface area contributed by atoms with E-state index < -0.39 is 12.1 Å².